The average Bonchev–Trinajstić information content (AvgIpc) is 3.23. The topological polar surface area (TPSA) is 81.2 Å². The van der Waals surface area contributed by atoms with E-state index in [4.69, 9.17) is 0 Å². The second-order valence-electron chi connectivity index (χ2n) is 6.91. The molecule has 1 amide bonds. The van der Waals surface area contributed by atoms with Crippen LogP contribution in [0, 0.1) is 6.92 Å². The summed E-state index contributed by atoms with van der Waals surface area (Å²) >= 11 is 0. The van der Waals surface area contributed by atoms with Gasteiger partial charge in [-0.2, -0.15) is 23.3 Å². The van der Waals surface area contributed by atoms with Crippen LogP contribution in [0.15, 0.2) is 18.5 Å². The molecule has 1 aliphatic heterocycles. The monoisotopic (exact) mass is 393 g/mol. The zero-order valence-corrected chi connectivity index (χ0v) is 15.3. The quantitative estimate of drug-likeness (QED) is 0.667. The Kier molecular flexibility index (Phi) is 4.31. The number of rotatable bonds is 2. The number of hydrogen-bond donors (Lipinski definition) is 0. The van der Waals surface area contributed by atoms with E-state index in [9.17, 15) is 18.0 Å². The van der Waals surface area contributed by atoms with Crippen molar-refractivity contribution in [2.75, 3.05) is 13.1 Å². The molecule has 0 N–H and O–H groups in total. The number of aromatic nitrogens is 6. The second kappa shape index (κ2) is 6.57. The Bertz CT molecular complexity index is 1040. The van der Waals surface area contributed by atoms with Crippen molar-refractivity contribution in [1.29, 1.82) is 0 Å². The Morgan fingerprint density at radius 2 is 2.07 bits per heavy atom. The summed E-state index contributed by atoms with van der Waals surface area (Å²) in [5.74, 6) is -1.61. The van der Waals surface area contributed by atoms with Gasteiger partial charge >= 0.3 is 6.18 Å². The minimum atomic E-state index is -4.64. The van der Waals surface area contributed by atoms with Crippen LogP contribution in [0.5, 0.6) is 0 Å². The molecule has 1 fully saturated rings. The molecule has 0 spiro atoms. The van der Waals surface area contributed by atoms with E-state index in [1.165, 1.54) is 6.20 Å². The fourth-order valence-electron chi connectivity index (χ4n) is 3.62. The number of hydrogen-bond acceptors (Lipinski definition) is 5. The maximum absolute atomic E-state index is 13.0. The van der Waals surface area contributed by atoms with Crippen LogP contribution < -0.4 is 0 Å². The number of halogens is 3. The van der Waals surface area contributed by atoms with Crippen LogP contribution in [0.2, 0.25) is 0 Å². The van der Waals surface area contributed by atoms with Gasteiger partial charge in [-0.3, -0.25) is 9.48 Å². The fourth-order valence-corrected chi connectivity index (χ4v) is 3.62. The number of nitrogens with zero attached hydrogens (tertiary/aromatic N) is 7. The third-order valence-electron chi connectivity index (χ3n) is 4.89. The standard InChI is InChI=1S/C17H18F3N7O/c1-10-12(9-25(2)23-10)14(28)26-7-3-4-11(8-26)13-5-6-21-16-22-15(17(18,19)20)24-27(13)16/h5-6,9,11H,3-4,7-8H2,1-2H3/t11-/m1/s1. The molecule has 0 radical (unpaired) electrons. The highest BCUT2D eigenvalue weighted by Gasteiger charge is 2.37. The Morgan fingerprint density at radius 1 is 1.29 bits per heavy atom. The van der Waals surface area contributed by atoms with E-state index in [0.717, 1.165) is 17.4 Å². The first-order chi connectivity index (χ1) is 13.2. The molecular formula is C17H18F3N7O. The molecule has 28 heavy (non-hydrogen) atoms. The number of likely N-dealkylation sites (tertiary alicyclic amines) is 1. The third kappa shape index (κ3) is 3.20. The summed E-state index contributed by atoms with van der Waals surface area (Å²) in [7, 11) is 1.75. The first kappa shape index (κ1) is 18.4. The van der Waals surface area contributed by atoms with Crippen LogP contribution in [0.1, 0.15) is 46.3 Å². The van der Waals surface area contributed by atoms with Gasteiger partial charge in [0.15, 0.2) is 0 Å². The van der Waals surface area contributed by atoms with E-state index < -0.39 is 12.0 Å². The summed E-state index contributed by atoms with van der Waals surface area (Å²) in [4.78, 5) is 22.0. The summed E-state index contributed by atoms with van der Waals surface area (Å²) < 4.78 is 41.6. The summed E-state index contributed by atoms with van der Waals surface area (Å²) in [6.07, 6.45) is -0.0711. The first-order valence-electron chi connectivity index (χ1n) is 8.82. The van der Waals surface area contributed by atoms with Crippen LogP contribution >= 0.6 is 0 Å². The van der Waals surface area contributed by atoms with E-state index in [-0.39, 0.29) is 17.6 Å². The van der Waals surface area contributed by atoms with Crippen molar-refractivity contribution in [2.24, 2.45) is 7.05 Å². The zero-order valence-electron chi connectivity index (χ0n) is 15.3. The minimum Gasteiger partial charge on any atom is -0.338 e. The Balaban J connectivity index is 1.64. The third-order valence-corrected chi connectivity index (χ3v) is 4.89. The summed E-state index contributed by atoms with van der Waals surface area (Å²) in [6.45, 7) is 2.74. The fraction of sp³-hybridized carbons (Fsp3) is 0.471. The highest BCUT2D eigenvalue weighted by molar-refractivity contribution is 5.95. The van der Waals surface area contributed by atoms with Crippen molar-refractivity contribution in [1.82, 2.24) is 34.3 Å². The van der Waals surface area contributed by atoms with Crippen LogP contribution in [-0.2, 0) is 13.2 Å². The van der Waals surface area contributed by atoms with E-state index in [1.807, 2.05) is 0 Å². The second-order valence-corrected chi connectivity index (χ2v) is 6.91. The van der Waals surface area contributed by atoms with Gasteiger partial charge in [0.25, 0.3) is 17.5 Å². The molecule has 1 saturated heterocycles. The summed E-state index contributed by atoms with van der Waals surface area (Å²) in [5.41, 5.74) is 1.74. The van der Waals surface area contributed by atoms with Gasteiger partial charge in [-0.25, -0.2) is 9.50 Å². The van der Waals surface area contributed by atoms with E-state index >= 15 is 0 Å². The SMILES string of the molecule is Cc1nn(C)cc1C(=O)N1CCC[C@@H](c2ccnc3nc(C(F)(F)F)nn23)C1. The molecule has 0 bridgehead atoms. The van der Waals surface area contributed by atoms with Gasteiger partial charge in [0, 0.05) is 38.4 Å². The molecule has 11 heteroatoms. The lowest BCUT2D eigenvalue weighted by molar-refractivity contribution is -0.144. The molecule has 1 atom stereocenters. The molecule has 0 unspecified atom stereocenters. The molecule has 0 aromatic carbocycles. The number of alkyl halides is 3. The summed E-state index contributed by atoms with van der Waals surface area (Å²) in [6, 6.07) is 1.63. The Morgan fingerprint density at radius 3 is 2.75 bits per heavy atom. The van der Waals surface area contributed by atoms with Crippen molar-refractivity contribution in [3.8, 4) is 0 Å². The maximum atomic E-state index is 13.0. The van der Waals surface area contributed by atoms with E-state index in [2.05, 4.69) is 20.2 Å². The predicted octanol–water partition coefficient (Wildman–Crippen LogP) is 2.20. The van der Waals surface area contributed by atoms with Gasteiger partial charge in [0.1, 0.15) is 0 Å². The largest absolute Gasteiger partial charge is 0.453 e. The predicted molar refractivity (Wildman–Crippen MR) is 91.6 cm³/mol. The number of piperidine rings is 1. The molecule has 0 saturated carbocycles. The van der Waals surface area contributed by atoms with Gasteiger partial charge in [-0.1, -0.05) is 0 Å². The van der Waals surface area contributed by atoms with Gasteiger partial charge in [0.2, 0.25) is 0 Å². The van der Waals surface area contributed by atoms with Crippen LogP contribution in [0.25, 0.3) is 5.78 Å². The molecule has 3 aromatic rings. The lowest BCUT2D eigenvalue weighted by Gasteiger charge is -2.32. The molecule has 1 aliphatic rings. The Hall–Kier alpha value is -2.98. The van der Waals surface area contributed by atoms with Gasteiger partial charge in [-0.15, -0.1) is 5.10 Å². The highest BCUT2D eigenvalue weighted by atomic mass is 19.4. The lowest BCUT2D eigenvalue weighted by Crippen LogP contribution is -2.39. The van der Waals surface area contributed by atoms with Crippen molar-refractivity contribution in [2.45, 2.75) is 31.9 Å². The van der Waals surface area contributed by atoms with E-state index in [0.29, 0.717) is 30.0 Å². The van der Waals surface area contributed by atoms with Gasteiger partial charge in [0.05, 0.1) is 17.0 Å². The van der Waals surface area contributed by atoms with Crippen molar-refractivity contribution in [3.05, 3.63) is 41.2 Å². The van der Waals surface area contributed by atoms with Gasteiger partial charge in [-0.05, 0) is 25.8 Å². The van der Waals surface area contributed by atoms with Gasteiger partial charge < -0.3 is 4.90 Å². The minimum absolute atomic E-state index is 0.101. The maximum Gasteiger partial charge on any atom is 0.453 e. The molecule has 3 aromatic heterocycles. The molecule has 148 valence electrons. The summed E-state index contributed by atoms with van der Waals surface area (Å²) in [5, 5.41) is 7.81. The molecule has 8 nitrogen and oxygen atoms in total. The number of aryl methyl sites for hydroxylation is 2. The van der Waals surface area contributed by atoms with Crippen LogP contribution in [-0.4, -0.2) is 53.3 Å². The number of carbonyl (C=O) groups excluding carboxylic acids is 1. The molecule has 4 heterocycles. The van der Waals surface area contributed by atoms with Crippen LogP contribution in [0.4, 0.5) is 13.2 Å². The Labute approximate surface area is 158 Å². The lowest BCUT2D eigenvalue weighted by atomic mass is 9.94. The number of amides is 1. The smallest absolute Gasteiger partial charge is 0.338 e. The zero-order chi connectivity index (χ0) is 20.1. The van der Waals surface area contributed by atoms with Crippen molar-refractivity contribution < 1.29 is 18.0 Å². The van der Waals surface area contributed by atoms with E-state index in [1.54, 1.807) is 35.8 Å². The average molecular weight is 393 g/mol. The molecular weight excluding hydrogens is 375 g/mol. The first-order valence-corrected chi connectivity index (χ1v) is 8.82. The van der Waals surface area contributed by atoms with Crippen molar-refractivity contribution >= 4 is 11.7 Å². The van der Waals surface area contributed by atoms with Crippen LogP contribution in [0.3, 0.4) is 0 Å². The molecule has 4 rings (SSSR count). The normalized spacial score (nSPS) is 18.0. The number of carbonyl (C=O) groups is 1. The molecule has 0 aliphatic carbocycles. The number of fused-ring (bicyclic) bond motifs is 1. The highest BCUT2D eigenvalue weighted by Crippen LogP contribution is 2.30. The van der Waals surface area contributed by atoms with Crippen molar-refractivity contribution in [3.63, 3.8) is 0 Å².